The van der Waals surface area contributed by atoms with Gasteiger partial charge in [0, 0.05) is 16.8 Å². The van der Waals surface area contributed by atoms with E-state index in [1.807, 2.05) is 84.9 Å². The van der Waals surface area contributed by atoms with Gasteiger partial charge in [0.1, 0.15) is 34.1 Å². The summed E-state index contributed by atoms with van der Waals surface area (Å²) in [5.41, 5.74) is 4.14. The van der Waals surface area contributed by atoms with Crippen LogP contribution in [0.25, 0.3) is 22.4 Å². The Balaban J connectivity index is 1.36. The fraction of sp³-hybridized carbons (Fsp3) is 0.0882. The van der Waals surface area contributed by atoms with Gasteiger partial charge in [0.15, 0.2) is 0 Å². The molecule has 0 aliphatic heterocycles. The molecule has 0 saturated carbocycles. The Hall–Kier alpha value is -5.26. The lowest BCUT2D eigenvalue weighted by Gasteiger charge is -2.13. The number of hydrogen-bond donors (Lipinski definition) is 1. The van der Waals surface area contributed by atoms with Crippen LogP contribution in [-0.4, -0.2) is 30.9 Å². The number of ether oxygens (including phenoxy) is 3. The Labute approximate surface area is 248 Å². The first-order valence-corrected chi connectivity index (χ1v) is 14.0. The molecule has 5 rings (SSSR count). The number of pyridine rings is 1. The van der Waals surface area contributed by atoms with Crippen LogP contribution in [0.15, 0.2) is 114 Å². The molecule has 0 unspecified atom stereocenters. The lowest BCUT2D eigenvalue weighted by Crippen LogP contribution is -2.14. The van der Waals surface area contributed by atoms with Crippen molar-refractivity contribution in [1.82, 2.24) is 4.98 Å². The van der Waals surface area contributed by atoms with Crippen molar-refractivity contribution in [3.63, 3.8) is 0 Å². The number of aromatic nitrogens is 1. The number of nitrogens with one attached hydrogen (secondary N) is 1. The SMILES string of the molecule is COc1ccc(-c2cc(-c3ccc(OC)cc3)c(C#N)c(SCC(=O)Nc3ccc(Oc4ccccc4)cc3)n2)cc1. The summed E-state index contributed by atoms with van der Waals surface area (Å²) < 4.78 is 16.4. The minimum absolute atomic E-state index is 0.0675. The molecule has 0 aliphatic carbocycles. The molecular formula is C34H27N3O4S. The van der Waals surface area contributed by atoms with Crippen molar-refractivity contribution in [2.24, 2.45) is 0 Å². The number of rotatable bonds is 10. The van der Waals surface area contributed by atoms with E-state index in [2.05, 4.69) is 11.4 Å². The minimum Gasteiger partial charge on any atom is -0.497 e. The molecule has 0 saturated heterocycles. The van der Waals surface area contributed by atoms with Crippen LogP contribution in [0.2, 0.25) is 0 Å². The van der Waals surface area contributed by atoms with Crippen LogP contribution in [0.3, 0.4) is 0 Å². The van der Waals surface area contributed by atoms with Gasteiger partial charge in [0.05, 0.1) is 31.2 Å². The van der Waals surface area contributed by atoms with Gasteiger partial charge in [-0.05, 0) is 84.4 Å². The topological polar surface area (TPSA) is 93.5 Å². The predicted octanol–water partition coefficient (Wildman–Crippen LogP) is 7.83. The van der Waals surface area contributed by atoms with Gasteiger partial charge in [-0.3, -0.25) is 4.79 Å². The van der Waals surface area contributed by atoms with Gasteiger partial charge < -0.3 is 19.5 Å². The summed E-state index contributed by atoms with van der Waals surface area (Å²) in [5, 5.41) is 13.5. The van der Waals surface area contributed by atoms with E-state index >= 15 is 0 Å². The van der Waals surface area contributed by atoms with Crippen LogP contribution >= 0.6 is 11.8 Å². The van der Waals surface area contributed by atoms with Gasteiger partial charge in [-0.2, -0.15) is 5.26 Å². The number of carbonyl (C=O) groups is 1. The van der Waals surface area contributed by atoms with E-state index in [9.17, 15) is 10.1 Å². The van der Waals surface area contributed by atoms with Crippen LogP contribution in [0, 0.1) is 11.3 Å². The number of amides is 1. The number of benzene rings is 4. The Bertz CT molecular complexity index is 1700. The fourth-order valence-electron chi connectivity index (χ4n) is 4.20. The molecule has 0 fully saturated rings. The van der Waals surface area contributed by atoms with Gasteiger partial charge in [-0.15, -0.1) is 0 Å². The molecule has 5 aromatic rings. The first kappa shape index (κ1) is 28.3. The maximum absolute atomic E-state index is 12.9. The summed E-state index contributed by atoms with van der Waals surface area (Å²) in [6, 6.07) is 35.9. The Kier molecular flexibility index (Phi) is 9.02. The highest BCUT2D eigenvalue weighted by Gasteiger charge is 2.17. The lowest BCUT2D eigenvalue weighted by atomic mass is 9.99. The molecule has 208 valence electrons. The van der Waals surface area contributed by atoms with Crippen molar-refractivity contribution in [1.29, 1.82) is 5.26 Å². The summed E-state index contributed by atoms with van der Waals surface area (Å²) in [6.45, 7) is 0. The third-order valence-electron chi connectivity index (χ3n) is 6.34. The molecule has 1 N–H and O–H groups in total. The van der Waals surface area contributed by atoms with Crippen LogP contribution in [0.1, 0.15) is 5.56 Å². The summed E-state index contributed by atoms with van der Waals surface area (Å²) in [6.07, 6.45) is 0. The average Bonchev–Trinajstić information content (AvgIpc) is 3.05. The van der Waals surface area contributed by atoms with E-state index in [-0.39, 0.29) is 11.7 Å². The quantitative estimate of drug-likeness (QED) is 0.170. The number of hydrogen-bond acceptors (Lipinski definition) is 7. The molecular weight excluding hydrogens is 546 g/mol. The van der Waals surface area contributed by atoms with Crippen molar-refractivity contribution in [2.75, 3.05) is 25.3 Å². The van der Waals surface area contributed by atoms with Gasteiger partial charge in [0.2, 0.25) is 5.91 Å². The number of carbonyl (C=O) groups excluding carboxylic acids is 1. The van der Waals surface area contributed by atoms with Crippen molar-refractivity contribution in [2.45, 2.75) is 5.03 Å². The summed E-state index contributed by atoms with van der Waals surface area (Å²) in [5.74, 6) is 2.69. The Morgan fingerprint density at radius 2 is 1.36 bits per heavy atom. The average molecular weight is 574 g/mol. The summed E-state index contributed by atoms with van der Waals surface area (Å²) >= 11 is 1.22. The standard InChI is InChI=1S/C34H27N3O4S/c1-39-26-14-8-23(9-15-26)30-20-32(24-10-16-27(40-2)17-11-24)37-34(31(30)21-35)42-22-33(38)36-25-12-18-29(19-13-25)41-28-6-4-3-5-7-28/h3-20H,22H2,1-2H3,(H,36,38). The molecule has 0 bridgehead atoms. The highest BCUT2D eigenvalue weighted by molar-refractivity contribution is 8.00. The monoisotopic (exact) mass is 573 g/mol. The van der Waals surface area contributed by atoms with Crippen molar-refractivity contribution in [3.05, 3.63) is 115 Å². The maximum atomic E-state index is 12.9. The molecule has 1 aromatic heterocycles. The first-order chi connectivity index (χ1) is 20.6. The molecule has 1 heterocycles. The fourth-order valence-corrected chi connectivity index (χ4v) is 5.01. The van der Waals surface area contributed by atoms with E-state index in [4.69, 9.17) is 19.2 Å². The Morgan fingerprint density at radius 1 is 0.786 bits per heavy atom. The van der Waals surface area contributed by atoms with E-state index in [1.165, 1.54) is 11.8 Å². The molecule has 42 heavy (non-hydrogen) atoms. The third-order valence-corrected chi connectivity index (χ3v) is 7.32. The Morgan fingerprint density at radius 3 is 1.95 bits per heavy atom. The smallest absolute Gasteiger partial charge is 0.234 e. The van der Waals surface area contributed by atoms with Gasteiger partial charge in [-0.25, -0.2) is 4.98 Å². The zero-order chi connectivity index (χ0) is 29.3. The van der Waals surface area contributed by atoms with Gasteiger partial charge in [-0.1, -0.05) is 42.1 Å². The number of nitrogens with zero attached hydrogens (tertiary/aromatic N) is 2. The highest BCUT2D eigenvalue weighted by atomic mass is 32.2. The highest BCUT2D eigenvalue weighted by Crippen LogP contribution is 2.35. The molecule has 0 radical (unpaired) electrons. The normalized spacial score (nSPS) is 10.4. The molecule has 0 aliphatic rings. The van der Waals surface area contributed by atoms with E-state index < -0.39 is 0 Å². The second kappa shape index (κ2) is 13.4. The zero-order valence-corrected chi connectivity index (χ0v) is 23.9. The van der Waals surface area contributed by atoms with Gasteiger partial charge in [0.25, 0.3) is 0 Å². The van der Waals surface area contributed by atoms with E-state index in [0.29, 0.717) is 33.5 Å². The van der Waals surface area contributed by atoms with Crippen LogP contribution in [-0.2, 0) is 4.79 Å². The number of methoxy groups -OCH3 is 2. The largest absolute Gasteiger partial charge is 0.497 e. The third kappa shape index (κ3) is 6.89. The number of para-hydroxylation sites is 1. The molecule has 1 amide bonds. The van der Waals surface area contributed by atoms with Crippen molar-refractivity contribution >= 4 is 23.4 Å². The van der Waals surface area contributed by atoms with Crippen molar-refractivity contribution < 1.29 is 19.0 Å². The molecule has 0 atom stereocenters. The number of nitriles is 1. The molecule has 7 nitrogen and oxygen atoms in total. The first-order valence-electron chi connectivity index (χ1n) is 13.1. The maximum Gasteiger partial charge on any atom is 0.234 e. The second-order valence-corrected chi connectivity index (χ2v) is 10.0. The minimum atomic E-state index is -0.219. The summed E-state index contributed by atoms with van der Waals surface area (Å²) in [4.78, 5) is 17.7. The molecule has 4 aromatic carbocycles. The molecule has 0 spiro atoms. The van der Waals surface area contributed by atoms with E-state index in [1.54, 1.807) is 38.5 Å². The lowest BCUT2D eigenvalue weighted by molar-refractivity contribution is -0.113. The van der Waals surface area contributed by atoms with Crippen LogP contribution in [0.5, 0.6) is 23.0 Å². The second-order valence-electron chi connectivity index (χ2n) is 9.08. The van der Waals surface area contributed by atoms with Crippen LogP contribution < -0.4 is 19.5 Å². The summed E-state index contributed by atoms with van der Waals surface area (Å²) in [7, 11) is 3.22. The molecule has 8 heteroatoms. The number of anilines is 1. The predicted molar refractivity (Wildman–Crippen MR) is 165 cm³/mol. The van der Waals surface area contributed by atoms with Gasteiger partial charge >= 0.3 is 0 Å². The number of thioether (sulfide) groups is 1. The van der Waals surface area contributed by atoms with E-state index in [0.717, 1.165) is 28.2 Å². The zero-order valence-electron chi connectivity index (χ0n) is 23.0. The van der Waals surface area contributed by atoms with Crippen molar-refractivity contribution in [3.8, 4) is 51.5 Å². The van der Waals surface area contributed by atoms with Crippen LogP contribution in [0.4, 0.5) is 5.69 Å².